The molecule has 3 rings (SSSR count). The number of hydrogen-bond acceptors (Lipinski definition) is 3. The highest BCUT2D eigenvalue weighted by molar-refractivity contribution is 5.87. The Morgan fingerprint density at radius 1 is 1.12 bits per heavy atom. The van der Waals surface area contributed by atoms with E-state index in [9.17, 15) is 9.59 Å². The molecule has 1 atom stereocenters. The third-order valence-corrected chi connectivity index (χ3v) is 4.78. The highest BCUT2D eigenvalue weighted by Crippen LogP contribution is 2.27. The van der Waals surface area contributed by atoms with Crippen LogP contribution in [0.5, 0.6) is 0 Å². The number of aryl methyl sites for hydroxylation is 1. The van der Waals surface area contributed by atoms with Gasteiger partial charge >= 0.3 is 5.97 Å². The summed E-state index contributed by atoms with van der Waals surface area (Å²) in [5, 5.41) is 9.00. The van der Waals surface area contributed by atoms with Crippen LogP contribution < -0.4 is 0 Å². The van der Waals surface area contributed by atoms with Gasteiger partial charge in [-0.3, -0.25) is 9.78 Å². The van der Waals surface area contributed by atoms with Crippen molar-refractivity contribution in [2.24, 2.45) is 0 Å². The summed E-state index contributed by atoms with van der Waals surface area (Å²) in [7, 11) is 0. The van der Waals surface area contributed by atoms with Crippen LogP contribution in [0.3, 0.4) is 0 Å². The number of aromatic carboxylic acids is 1. The monoisotopic (exact) mass is 338 g/mol. The Labute approximate surface area is 147 Å². The van der Waals surface area contributed by atoms with E-state index in [1.54, 1.807) is 24.5 Å². The van der Waals surface area contributed by atoms with Crippen LogP contribution in [0, 0.1) is 0 Å². The van der Waals surface area contributed by atoms with Gasteiger partial charge in [0.15, 0.2) is 0 Å². The highest BCUT2D eigenvalue weighted by atomic mass is 16.4. The first-order valence-corrected chi connectivity index (χ1v) is 8.63. The summed E-state index contributed by atoms with van der Waals surface area (Å²) >= 11 is 0. The average molecular weight is 338 g/mol. The van der Waals surface area contributed by atoms with Crippen LogP contribution in [-0.2, 0) is 11.2 Å². The zero-order chi connectivity index (χ0) is 17.6. The largest absolute Gasteiger partial charge is 0.478 e. The summed E-state index contributed by atoms with van der Waals surface area (Å²) < 4.78 is 0. The minimum Gasteiger partial charge on any atom is -0.478 e. The molecule has 1 aromatic carbocycles. The fourth-order valence-electron chi connectivity index (χ4n) is 3.33. The number of likely N-dealkylation sites (tertiary alicyclic amines) is 1. The molecule has 25 heavy (non-hydrogen) atoms. The van der Waals surface area contributed by atoms with Gasteiger partial charge in [0.25, 0.3) is 0 Å². The maximum atomic E-state index is 12.5. The van der Waals surface area contributed by atoms with Crippen LogP contribution in [-0.4, -0.2) is 40.0 Å². The van der Waals surface area contributed by atoms with E-state index in [1.807, 2.05) is 29.2 Å². The smallest absolute Gasteiger partial charge is 0.335 e. The Balaban J connectivity index is 1.58. The molecule has 0 bridgehead atoms. The molecule has 1 fully saturated rings. The van der Waals surface area contributed by atoms with Crippen molar-refractivity contribution in [3.63, 3.8) is 0 Å². The Hall–Kier alpha value is -2.69. The summed E-state index contributed by atoms with van der Waals surface area (Å²) in [4.78, 5) is 29.4. The second-order valence-electron chi connectivity index (χ2n) is 6.46. The fourth-order valence-corrected chi connectivity index (χ4v) is 3.33. The second kappa shape index (κ2) is 7.92. The maximum absolute atomic E-state index is 12.5. The molecule has 2 aromatic rings. The standard InChI is InChI=1S/C20H22N2O3/c23-19(8-3-15-9-11-21-12-10-15)22-13-1-2-18(14-22)16-4-6-17(7-5-16)20(24)25/h4-7,9-12,18H,1-3,8,13-14H2,(H,24,25). The molecule has 1 aliphatic rings. The van der Waals surface area contributed by atoms with Gasteiger partial charge < -0.3 is 10.0 Å². The van der Waals surface area contributed by atoms with Gasteiger partial charge in [0.05, 0.1) is 5.56 Å². The average Bonchev–Trinajstić information content (AvgIpc) is 2.67. The Kier molecular flexibility index (Phi) is 5.43. The number of benzene rings is 1. The van der Waals surface area contributed by atoms with Crippen LogP contribution in [0.4, 0.5) is 0 Å². The van der Waals surface area contributed by atoms with Gasteiger partial charge in [-0.2, -0.15) is 0 Å². The number of nitrogens with zero attached hydrogens (tertiary/aromatic N) is 2. The molecular weight excluding hydrogens is 316 g/mol. The zero-order valence-electron chi connectivity index (χ0n) is 14.1. The third kappa shape index (κ3) is 4.44. The molecule has 1 aromatic heterocycles. The molecule has 0 spiro atoms. The van der Waals surface area contributed by atoms with Crippen molar-refractivity contribution in [2.45, 2.75) is 31.6 Å². The number of piperidine rings is 1. The lowest BCUT2D eigenvalue weighted by Crippen LogP contribution is -2.39. The SMILES string of the molecule is O=C(O)c1ccc(C2CCCN(C(=O)CCc3ccncc3)C2)cc1. The van der Waals surface area contributed by atoms with Gasteiger partial charge in [-0.15, -0.1) is 0 Å². The van der Waals surface area contributed by atoms with Crippen molar-refractivity contribution >= 4 is 11.9 Å². The third-order valence-electron chi connectivity index (χ3n) is 4.78. The van der Waals surface area contributed by atoms with Gasteiger partial charge in [0.2, 0.25) is 5.91 Å². The van der Waals surface area contributed by atoms with E-state index in [-0.39, 0.29) is 11.8 Å². The molecule has 1 amide bonds. The van der Waals surface area contributed by atoms with Crippen LogP contribution in [0.2, 0.25) is 0 Å². The van der Waals surface area contributed by atoms with Crippen molar-refractivity contribution in [1.82, 2.24) is 9.88 Å². The van der Waals surface area contributed by atoms with Crippen LogP contribution in [0.25, 0.3) is 0 Å². The number of carbonyl (C=O) groups is 2. The number of pyridine rings is 1. The number of carboxylic acid groups (broad SMARTS) is 1. The Morgan fingerprint density at radius 2 is 1.84 bits per heavy atom. The van der Waals surface area contributed by atoms with Crippen molar-refractivity contribution in [3.05, 3.63) is 65.5 Å². The molecule has 1 aliphatic heterocycles. The molecular formula is C20H22N2O3. The van der Waals surface area contributed by atoms with E-state index >= 15 is 0 Å². The van der Waals surface area contributed by atoms with E-state index in [1.165, 1.54) is 0 Å². The van der Waals surface area contributed by atoms with Crippen molar-refractivity contribution in [3.8, 4) is 0 Å². The van der Waals surface area contributed by atoms with Gasteiger partial charge in [-0.25, -0.2) is 4.79 Å². The summed E-state index contributed by atoms with van der Waals surface area (Å²) in [6.07, 6.45) is 6.74. The first-order chi connectivity index (χ1) is 12.1. The lowest BCUT2D eigenvalue weighted by Gasteiger charge is -2.33. The second-order valence-corrected chi connectivity index (χ2v) is 6.46. The van der Waals surface area contributed by atoms with Gasteiger partial charge in [0.1, 0.15) is 0 Å². The van der Waals surface area contributed by atoms with Gasteiger partial charge in [-0.1, -0.05) is 12.1 Å². The van der Waals surface area contributed by atoms with Crippen molar-refractivity contribution in [2.75, 3.05) is 13.1 Å². The van der Waals surface area contributed by atoms with Crippen LogP contribution in [0.15, 0.2) is 48.8 Å². The predicted octanol–water partition coefficient (Wildman–Crippen LogP) is 3.12. The molecule has 0 aliphatic carbocycles. The molecule has 0 saturated carbocycles. The van der Waals surface area contributed by atoms with Crippen LogP contribution in [0.1, 0.15) is 46.7 Å². The number of amides is 1. The molecule has 1 N–H and O–H groups in total. The molecule has 0 radical (unpaired) electrons. The van der Waals surface area contributed by atoms with Gasteiger partial charge in [0, 0.05) is 37.8 Å². The molecule has 1 unspecified atom stereocenters. The van der Waals surface area contributed by atoms with E-state index < -0.39 is 5.97 Å². The summed E-state index contributed by atoms with van der Waals surface area (Å²) in [5.74, 6) is -0.451. The van der Waals surface area contributed by atoms with Gasteiger partial charge in [-0.05, 0) is 54.7 Å². The quantitative estimate of drug-likeness (QED) is 0.909. The normalized spacial score (nSPS) is 17.3. The summed E-state index contributed by atoms with van der Waals surface area (Å²) in [6.45, 7) is 1.51. The predicted molar refractivity (Wildman–Crippen MR) is 94.5 cm³/mol. The molecule has 1 saturated heterocycles. The summed E-state index contributed by atoms with van der Waals surface area (Å²) in [6, 6.07) is 10.9. The minimum atomic E-state index is -0.914. The first kappa shape index (κ1) is 17.1. The molecule has 2 heterocycles. The van der Waals surface area contributed by atoms with Crippen LogP contribution >= 0.6 is 0 Å². The van der Waals surface area contributed by atoms with E-state index in [0.29, 0.717) is 18.5 Å². The molecule has 5 heteroatoms. The summed E-state index contributed by atoms with van der Waals surface area (Å²) in [5.41, 5.74) is 2.53. The van der Waals surface area contributed by atoms with Crippen molar-refractivity contribution in [1.29, 1.82) is 0 Å². The number of aromatic nitrogens is 1. The van der Waals surface area contributed by atoms with E-state index in [0.717, 1.165) is 36.9 Å². The molecule has 130 valence electrons. The lowest BCUT2D eigenvalue weighted by atomic mass is 9.90. The zero-order valence-corrected chi connectivity index (χ0v) is 14.1. The number of carboxylic acids is 1. The number of carbonyl (C=O) groups excluding carboxylic acids is 1. The highest BCUT2D eigenvalue weighted by Gasteiger charge is 2.24. The Morgan fingerprint density at radius 3 is 2.52 bits per heavy atom. The number of hydrogen-bond donors (Lipinski definition) is 1. The van der Waals surface area contributed by atoms with Crippen molar-refractivity contribution < 1.29 is 14.7 Å². The Bertz CT molecular complexity index is 728. The number of rotatable bonds is 5. The topological polar surface area (TPSA) is 70.5 Å². The molecule has 5 nitrogen and oxygen atoms in total. The maximum Gasteiger partial charge on any atom is 0.335 e. The van der Waals surface area contributed by atoms with E-state index in [2.05, 4.69) is 4.98 Å². The fraction of sp³-hybridized carbons (Fsp3) is 0.350. The lowest BCUT2D eigenvalue weighted by molar-refractivity contribution is -0.132. The minimum absolute atomic E-state index is 0.184. The first-order valence-electron chi connectivity index (χ1n) is 8.63. The van der Waals surface area contributed by atoms with E-state index in [4.69, 9.17) is 5.11 Å².